The molecular weight excluding hydrogens is 260 g/mol. The third-order valence-corrected chi connectivity index (χ3v) is 3.77. The van der Waals surface area contributed by atoms with Crippen molar-refractivity contribution in [1.29, 1.82) is 0 Å². The van der Waals surface area contributed by atoms with Crippen LogP contribution in [0.25, 0.3) is 6.08 Å². The van der Waals surface area contributed by atoms with Crippen LogP contribution in [0, 0.1) is 0 Å². The predicted molar refractivity (Wildman–Crippen MR) is 83.7 cm³/mol. The van der Waals surface area contributed by atoms with E-state index in [0.29, 0.717) is 6.54 Å². The lowest BCUT2D eigenvalue weighted by molar-refractivity contribution is -0.117. The highest BCUT2D eigenvalue weighted by Crippen LogP contribution is 2.22. The van der Waals surface area contributed by atoms with Gasteiger partial charge < -0.3 is 5.32 Å². The maximum Gasteiger partial charge on any atom is 0.247 e. The lowest BCUT2D eigenvalue weighted by Crippen LogP contribution is -2.28. The van der Waals surface area contributed by atoms with Crippen LogP contribution in [0.4, 0.5) is 0 Å². The summed E-state index contributed by atoms with van der Waals surface area (Å²) in [6.07, 6.45) is 8.18. The van der Waals surface area contributed by atoms with Crippen molar-refractivity contribution < 1.29 is 4.79 Å². The van der Waals surface area contributed by atoms with E-state index < -0.39 is 0 Å². The molecule has 0 aliphatic heterocycles. The summed E-state index contributed by atoms with van der Waals surface area (Å²) in [4.78, 5) is 16.3. The number of carbonyl (C=O) groups excluding carboxylic acids is 1. The zero-order chi connectivity index (χ0) is 14.5. The summed E-state index contributed by atoms with van der Waals surface area (Å²) in [6.45, 7) is 0.670. The van der Waals surface area contributed by atoms with E-state index in [1.807, 2.05) is 36.5 Å². The topological polar surface area (TPSA) is 42.0 Å². The maximum absolute atomic E-state index is 12.2. The number of benzene rings is 1. The lowest BCUT2D eigenvalue weighted by Gasteiger charge is -2.15. The van der Waals surface area contributed by atoms with Gasteiger partial charge in [0, 0.05) is 24.5 Å². The first-order valence-corrected chi connectivity index (χ1v) is 7.28. The summed E-state index contributed by atoms with van der Waals surface area (Å²) in [5.41, 5.74) is 4.44. The Bertz CT molecular complexity index is 662. The number of rotatable bonds is 4. The maximum atomic E-state index is 12.2. The second kappa shape index (κ2) is 6.35. The molecule has 3 heteroatoms. The van der Waals surface area contributed by atoms with Gasteiger partial charge in [-0.05, 0) is 48.1 Å². The Morgan fingerprint density at radius 3 is 2.86 bits per heavy atom. The molecule has 0 saturated carbocycles. The molecule has 1 amide bonds. The molecule has 0 atom stereocenters. The average Bonchev–Trinajstić information content (AvgIpc) is 2.55. The second-order valence-electron chi connectivity index (χ2n) is 5.24. The molecule has 0 unspecified atom stereocenters. The van der Waals surface area contributed by atoms with E-state index in [0.717, 1.165) is 30.4 Å². The fourth-order valence-corrected chi connectivity index (χ4v) is 2.57. The molecule has 21 heavy (non-hydrogen) atoms. The standard InChI is InChI=1S/C18H18N2O/c21-18(20-11-8-14-4-2-1-3-5-14)16-6-7-17-13-19-10-9-15(17)12-16/h1-5,9-10,12-13H,6-8,11H2,(H,20,21). The molecule has 0 spiro atoms. The van der Waals surface area contributed by atoms with E-state index in [9.17, 15) is 4.79 Å². The summed E-state index contributed by atoms with van der Waals surface area (Å²) in [5, 5.41) is 3.01. The van der Waals surface area contributed by atoms with Crippen LogP contribution in [-0.2, 0) is 17.6 Å². The molecule has 1 aliphatic carbocycles. The molecule has 1 aromatic heterocycles. The van der Waals surface area contributed by atoms with Crippen LogP contribution < -0.4 is 5.32 Å². The molecule has 3 rings (SSSR count). The number of fused-ring (bicyclic) bond motifs is 1. The van der Waals surface area contributed by atoms with Crippen molar-refractivity contribution in [2.75, 3.05) is 6.54 Å². The highest BCUT2D eigenvalue weighted by Gasteiger charge is 2.15. The average molecular weight is 278 g/mol. The third-order valence-electron chi connectivity index (χ3n) is 3.77. The van der Waals surface area contributed by atoms with Gasteiger partial charge in [0.1, 0.15) is 0 Å². The molecule has 1 N–H and O–H groups in total. The van der Waals surface area contributed by atoms with Crippen LogP contribution in [-0.4, -0.2) is 17.4 Å². The molecule has 0 radical (unpaired) electrons. The minimum Gasteiger partial charge on any atom is -0.352 e. The molecule has 1 heterocycles. The van der Waals surface area contributed by atoms with E-state index in [2.05, 4.69) is 22.4 Å². The normalized spacial score (nSPS) is 13.2. The van der Waals surface area contributed by atoms with Gasteiger partial charge in [-0.25, -0.2) is 0 Å². The highest BCUT2D eigenvalue weighted by atomic mass is 16.1. The zero-order valence-electron chi connectivity index (χ0n) is 11.9. The molecule has 1 aromatic carbocycles. The monoisotopic (exact) mass is 278 g/mol. The van der Waals surface area contributed by atoms with Gasteiger partial charge in [-0.2, -0.15) is 0 Å². The largest absolute Gasteiger partial charge is 0.352 e. The number of pyridine rings is 1. The molecule has 106 valence electrons. The Morgan fingerprint density at radius 1 is 1.14 bits per heavy atom. The van der Waals surface area contributed by atoms with Crippen LogP contribution in [0.2, 0.25) is 0 Å². The minimum absolute atomic E-state index is 0.0494. The quantitative estimate of drug-likeness (QED) is 0.934. The van der Waals surface area contributed by atoms with Crippen molar-refractivity contribution in [3.63, 3.8) is 0 Å². The van der Waals surface area contributed by atoms with Crippen LogP contribution in [0.15, 0.2) is 54.4 Å². The number of hydrogen-bond donors (Lipinski definition) is 1. The Morgan fingerprint density at radius 2 is 2.00 bits per heavy atom. The van der Waals surface area contributed by atoms with Gasteiger partial charge in [-0.1, -0.05) is 30.3 Å². The molecule has 2 aromatic rings. The van der Waals surface area contributed by atoms with Crippen molar-refractivity contribution in [2.24, 2.45) is 0 Å². The summed E-state index contributed by atoms with van der Waals surface area (Å²) in [7, 11) is 0. The number of aryl methyl sites for hydroxylation is 1. The van der Waals surface area contributed by atoms with E-state index in [1.165, 1.54) is 11.1 Å². The van der Waals surface area contributed by atoms with Crippen LogP contribution in [0.5, 0.6) is 0 Å². The van der Waals surface area contributed by atoms with Gasteiger partial charge in [0.15, 0.2) is 0 Å². The van der Waals surface area contributed by atoms with Gasteiger partial charge in [-0.15, -0.1) is 0 Å². The van der Waals surface area contributed by atoms with Crippen molar-refractivity contribution in [1.82, 2.24) is 10.3 Å². The van der Waals surface area contributed by atoms with Gasteiger partial charge in [0.05, 0.1) is 0 Å². The van der Waals surface area contributed by atoms with Gasteiger partial charge in [0.2, 0.25) is 5.91 Å². The molecule has 0 saturated heterocycles. The van der Waals surface area contributed by atoms with Crippen LogP contribution in [0.3, 0.4) is 0 Å². The first kappa shape index (κ1) is 13.6. The molecule has 1 aliphatic rings. The van der Waals surface area contributed by atoms with Crippen molar-refractivity contribution in [3.8, 4) is 0 Å². The summed E-state index contributed by atoms with van der Waals surface area (Å²) < 4.78 is 0. The van der Waals surface area contributed by atoms with Crippen LogP contribution in [0.1, 0.15) is 23.1 Å². The SMILES string of the molecule is O=C(NCCc1ccccc1)C1=Cc2ccncc2CC1. The van der Waals surface area contributed by atoms with Gasteiger partial charge >= 0.3 is 0 Å². The number of amides is 1. The summed E-state index contributed by atoms with van der Waals surface area (Å²) >= 11 is 0. The smallest absolute Gasteiger partial charge is 0.247 e. The summed E-state index contributed by atoms with van der Waals surface area (Å²) in [6, 6.07) is 12.2. The molecule has 0 bridgehead atoms. The van der Waals surface area contributed by atoms with E-state index in [1.54, 1.807) is 6.20 Å². The Balaban J connectivity index is 1.58. The Hall–Kier alpha value is -2.42. The number of hydrogen-bond acceptors (Lipinski definition) is 2. The predicted octanol–water partition coefficient (Wildman–Crippen LogP) is 2.77. The minimum atomic E-state index is 0.0494. The van der Waals surface area contributed by atoms with Gasteiger partial charge in [-0.3, -0.25) is 9.78 Å². The van der Waals surface area contributed by atoms with Crippen molar-refractivity contribution in [2.45, 2.75) is 19.3 Å². The Kier molecular flexibility index (Phi) is 4.10. The summed E-state index contributed by atoms with van der Waals surface area (Å²) in [5.74, 6) is 0.0494. The fraction of sp³-hybridized carbons (Fsp3) is 0.222. The number of nitrogens with one attached hydrogen (secondary N) is 1. The lowest BCUT2D eigenvalue weighted by atomic mass is 9.93. The van der Waals surface area contributed by atoms with Gasteiger partial charge in [0.25, 0.3) is 0 Å². The highest BCUT2D eigenvalue weighted by molar-refractivity contribution is 5.98. The van der Waals surface area contributed by atoms with Crippen LogP contribution >= 0.6 is 0 Å². The van der Waals surface area contributed by atoms with E-state index >= 15 is 0 Å². The first-order valence-electron chi connectivity index (χ1n) is 7.28. The fourth-order valence-electron chi connectivity index (χ4n) is 2.57. The second-order valence-corrected chi connectivity index (χ2v) is 5.24. The zero-order valence-corrected chi connectivity index (χ0v) is 11.9. The van der Waals surface area contributed by atoms with E-state index in [4.69, 9.17) is 0 Å². The number of carbonyl (C=O) groups is 1. The third kappa shape index (κ3) is 3.37. The number of aromatic nitrogens is 1. The number of nitrogens with zero attached hydrogens (tertiary/aromatic N) is 1. The van der Waals surface area contributed by atoms with E-state index in [-0.39, 0.29) is 5.91 Å². The van der Waals surface area contributed by atoms with Crippen molar-refractivity contribution >= 4 is 12.0 Å². The Labute approximate surface area is 124 Å². The molecule has 0 fully saturated rings. The first-order chi connectivity index (χ1) is 10.3. The van der Waals surface area contributed by atoms with Crippen molar-refractivity contribution in [3.05, 3.63) is 71.1 Å². The molecule has 3 nitrogen and oxygen atoms in total. The molecular formula is C18H18N2O.